The fraction of sp³-hybridized carbons (Fsp3) is 0.350. The molecule has 0 aliphatic heterocycles. The molecule has 146 valence electrons. The van der Waals surface area contributed by atoms with Crippen molar-refractivity contribution in [3.8, 4) is 5.75 Å². The van der Waals surface area contributed by atoms with Gasteiger partial charge in [-0.15, -0.1) is 0 Å². The van der Waals surface area contributed by atoms with E-state index in [1.807, 2.05) is 14.1 Å². The summed E-state index contributed by atoms with van der Waals surface area (Å²) in [6.45, 7) is -1.81. The molecule has 0 radical (unpaired) electrons. The number of hydrogen-bond donors (Lipinski definition) is 2. The second-order valence-corrected chi connectivity index (χ2v) is 6.15. The number of anilines is 1. The van der Waals surface area contributed by atoms with Crippen LogP contribution in [0.5, 0.6) is 5.75 Å². The third-order valence-corrected chi connectivity index (χ3v) is 4.02. The van der Waals surface area contributed by atoms with Crippen molar-refractivity contribution in [3.63, 3.8) is 0 Å². The van der Waals surface area contributed by atoms with E-state index in [9.17, 15) is 8.78 Å². The highest BCUT2D eigenvalue weighted by Gasteiger charge is 2.09. The number of benzene rings is 2. The van der Waals surface area contributed by atoms with E-state index in [2.05, 4.69) is 49.5 Å². The number of halogens is 2. The number of nitrogens with zero attached hydrogens (tertiary/aromatic N) is 2. The minimum atomic E-state index is -2.84. The van der Waals surface area contributed by atoms with Crippen LogP contribution in [-0.2, 0) is 13.0 Å². The second kappa shape index (κ2) is 10.4. The van der Waals surface area contributed by atoms with Crippen LogP contribution < -0.4 is 20.3 Å². The lowest BCUT2D eigenvalue weighted by Gasteiger charge is -2.15. The van der Waals surface area contributed by atoms with Crippen LogP contribution in [-0.4, -0.2) is 40.3 Å². The lowest BCUT2D eigenvalue weighted by atomic mass is 10.1. The van der Waals surface area contributed by atoms with E-state index in [0.29, 0.717) is 24.6 Å². The summed E-state index contributed by atoms with van der Waals surface area (Å²) < 4.78 is 29.5. The molecule has 0 amide bonds. The maximum absolute atomic E-state index is 12.5. The number of ether oxygens (including phenoxy) is 1. The van der Waals surface area contributed by atoms with Gasteiger partial charge in [0.05, 0.1) is 0 Å². The third kappa shape index (κ3) is 6.77. The molecule has 0 aliphatic carbocycles. The summed E-state index contributed by atoms with van der Waals surface area (Å²) in [6.07, 6.45) is 0.847. The van der Waals surface area contributed by atoms with E-state index in [4.69, 9.17) is 0 Å². The van der Waals surface area contributed by atoms with Crippen LogP contribution in [0.4, 0.5) is 14.5 Å². The van der Waals surface area contributed by atoms with Crippen molar-refractivity contribution in [2.24, 2.45) is 4.99 Å². The van der Waals surface area contributed by atoms with Gasteiger partial charge in [-0.25, -0.2) is 0 Å². The zero-order valence-electron chi connectivity index (χ0n) is 15.9. The first-order valence-electron chi connectivity index (χ1n) is 8.73. The SMILES string of the molecule is CN=C(NCCc1ccc(N(C)C)cc1)NCc1ccccc1OC(F)F. The fourth-order valence-corrected chi connectivity index (χ4v) is 2.55. The van der Waals surface area contributed by atoms with E-state index in [0.717, 1.165) is 12.1 Å². The lowest BCUT2D eigenvalue weighted by Crippen LogP contribution is -2.37. The molecule has 0 aliphatic rings. The molecule has 0 atom stereocenters. The van der Waals surface area contributed by atoms with Gasteiger partial charge in [0.25, 0.3) is 0 Å². The summed E-state index contributed by atoms with van der Waals surface area (Å²) in [5, 5.41) is 6.34. The molecule has 0 fully saturated rings. The molecule has 0 spiro atoms. The number of alkyl halides is 2. The molecule has 0 aromatic heterocycles. The van der Waals surface area contributed by atoms with Gasteiger partial charge in [-0.1, -0.05) is 30.3 Å². The summed E-state index contributed by atoms with van der Waals surface area (Å²) in [6, 6.07) is 15.1. The Morgan fingerprint density at radius 2 is 1.78 bits per heavy atom. The van der Waals surface area contributed by atoms with Gasteiger partial charge in [0, 0.05) is 45.5 Å². The molecule has 0 heterocycles. The molecule has 0 saturated heterocycles. The van der Waals surface area contributed by atoms with E-state index >= 15 is 0 Å². The monoisotopic (exact) mass is 376 g/mol. The number of nitrogens with one attached hydrogen (secondary N) is 2. The maximum atomic E-state index is 12.5. The Hall–Kier alpha value is -2.83. The molecular formula is C20H26F2N4O. The molecular weight excluding hydrogens is 350 g/mol. The first kappa shape index (κ1) is 20.5. The molecule has 2 rings (SSSR count). The summed E-state index contributed by atoms with van der Waals surface area (Å²) in [5.41, 5.74) is 3.02. The van der Waals surface area contributed by atoms with Crippen LogP contribution in [0, 0.1) is 0 Å². The summed E-state index contributed by atoms with van der Waals surface area (Å²) in [7, 11) is 5.69. The van der Waals surface area contributed by atoms with Crippen LogP contribution in [0.3, 0.4) is 0 Å². The van der Waals surface area contributed by atoms with Crippen LogP contribution in [0.2, 0.25) is 0 Å². The van der Waals surface area contributed by atoms with Crippen molar-refractivity contribution in [2.45, 2.75) is 19.6 Å². The standard InChI is InChI=1S/C20H26F2N4O/c1-23-20(24-13-12-15-8-10-17(11-9-15)26(2)3)25-14-16-6-4-5-7-18(16)27-19(21)22/h4-11,19H,12-14H2,1-3H3,(H2,23,24,25). The van der Waals surface area contributed by atoms with Crippen molar-refractivity contribution in [2.75, 3.05) is 32.6 Å². The number of guanidine groups is 1. The Bertz CT molecular complexity index is 733. The first-order chi connectivity index (χ1) is 13.0. The molecule has 2 aromatic rings. The van der Waals surface area contributed by atoms with Gasteiger partial charge in [0.1, 0.15) is 5.75 Å². The molecule has 27 heavy (non-hydrogen) atoms. The third-order valence-electron chi connectivity index (χ3n) is 4.02. The highest BCUT2D eigenvalue weighted by Crippen LogP contribution is 2.19. The van der Waals surface area contributed by atoms with Crippen molar-refractivity contribution in [3.05, 3.63) is 59.7 Å². The Morgan fingerprint density at radius 1 is 1.07 bits per heavy atom. The number of hydrogen-bond acceptors (Lipinski definition) is 3. The molecule has 0 bridgehead atoms. The zero-order chi connectivity index (χ0) is 19.6. The Kier molecular flexibility index (Phi) is 7.85. The average molecular weight is 376 g/mol. The highest BCUT2D eigenvalue weighted by atomic mass is 19.3. The molecule has 0 saturated carbocycles. The Balaban J connectivity index is 1.83. The molecule has 0 unspecified atom stereocenters. The number of aliphatic imine (C=N–C) groups is 1. The largest absolute Gasteiger partial charge is 0.434 e. The van der Waals surface area contributed by atoms with E-state index < -0.39 is 6.61 Å². The van der Waals surface area contributed by atoms with Gasteiger partial charge in [-0.05, 0) is 30.2 Å². The van der Waals surface area contributed by atoms with Crippen molar-refractivity contribution in [1.29, 1.82) is 0 Å². The molecule has 5 nitrogen and oxygen atoms in total. The first-order valence-corrected chi connectivity index (χ1v) is 8.73. The van der Waals surface area contributed by atoms with E-state index in [1.54, 1.807) is 25.2 Å². The summed E-state index contributed by atoms with van der Waals surface area (Å²) in [4.78, 5) is 6.22. The van der Waals surface area contributed by atoms with Crippen molar-refractivity contribution >= 4 is 11.6 Å². The van der Waals surface area contributed by atoms with E-state index in [-0.39, 0.29) is 5.75 Å². The van der Waals surface area contributed by atoms with Gasteiger partial charge >= 0.3 is 6.61 Å². The zero-order valence-corrected chi connectivity index (χ0v) is 15.9. The fourth-order valence-electron chi connectivity index (χ4n) is 2.55. The van der Waals surface area contributed by atoms with E-state index in [1.165, 1.54) is 11.6 Å². The second-order valence-electron chi connectivity index (χ2n) is 6.15. The van der Waals surface area contributed by atoms with Crippen LogP contribution in [0.25, 0.3) is 0 Å². The van der Waals surface area contributed by atoms with Crippen LogP contribution >= 0.6 is 0 Å². The minimum Gasteiger partial charge on any atom is -0.434 e. The Morgan fingerprint density at radius 3 is 2.41 bits per heavy atom. The van der Waals surface area contributed by atoms with Gasteiger partial charge < -0.3 is 20.3 Å². The normalized spacial score (nSPS) is 11.4. The summed E-state index contributed by atoms with van der Waals surface area (Å²) in [5.74, 6) is 0.767. The molecule has 2 aromatic carbocycles. The predicted molar refractivity (Wildman–Crippen MR) is 106 cm³/mol. The lowest BCUT2D eigenvalue weighted by molar-refractivity contribution is -0.0504. The predicted octanol–water partition coefficient (Wildman–Crippen LogP) is 3.26. The summed E-state index contributed by atoms with van der Waals surface area (Å²) >= 11 is 0. The van der Waals surface area contributed by atoms with Gasteiger partial charge in [-0.3, -0.25) is 4.99 Å². The quantitative estimate of drug-likeness (QED) is 0.548. The number of rotatable bonds is 8. The van der Waals surface area contributed by atoms with Gasteiger partial charge in [0.15, 0.2) is 5.96 Å². The highest BCUT2D eigenvalue weighted by molar-refractivity contribution is 5.79. The topological polar surface area (TPSA) is 48.9 Å². The van der Waals surface area contributed by atoms with Crippen molar-refractivity contribution in [1.82, 2.24) is 10.6 Å². The number of para-hydroxylation sites is 1. The molecule has 7 heteroatoms. The molecule has 2 N–H and O–H groups in total. The smallest absolute Gasteiger partial charge is 0.387 e. The van der Waals surface area contributed by atoms with Gasteiger partial charge in [-0.2, -0.15) is 8.78 Å². The van der Waals surface area contributed by atoms with Crippen molar-refractivity contribution < 1.29 is 13.5 Å². The maximum Gasteiger partial charge on any atom is 0.387 e. The Labute approximate surface area is 159 Å². The average Bonchev–Trinajstić information content (AvgIpc) is 2.65. The van der Waals surface area contributed by atoms with Gasteiger partial charge in [0.2, 0.25) is 0 Å². The van der Waals surface area contributed by atoms with Crippen LogP contribution in [0.15, 0.2) is 53.5 Å². The minimum absolute atomic E-state index is 0.163. The van der Waals surface area contributed by atoms with Crippen LogP contribution in [0.1, 0.15) is 11.1 Å².